The molecular formula is C8H11N2O3P. The van der Waals surface area contributed by atoms with E-state index in [-0.39, 0.29) is 5.31 Å². The van der Waals surface area contributed by atoms with Crippen LogP contribution in [-0.2, 0) is 4.57 Å². The van der Waals surface area contributed by atoms with Crippen LogP contribution in [-0.4, -0.2) is 14.8 Å². The molecule has 0 aliphatic carbocycles. The second-order valence-corrected chi connectivity index (χ2v) is 4.43. The van der Waals surface area contributed by atoms with Crippen LogP contribution < -0.4 is 5.73 Å². The van der Waals surface area contributed by atoms with Gasteiger partial charge in [-0.15, -0.1) is 0 Å². The van der Waals surface area contributed by atoms with Gasteiger partial charge in [-0.3, -0.25) is 9.55 Å². The Hall–Kier alpha value is -1.00. The average Bonchev–Trinajstić information content (AvgIpc) is 2.15. The van der Waals surface area contributed by atoms with E-state index in [2.05, 4.69) is 11.6 Å². The summed E-state index contributed by atoms with van der Waals surface area (Å²) in [7, 11) is -4.34. The molecule has 0 bridgehead atoms. The third-order valence-corrected chi connectivity index (χ3v) is 2.77. The van der Waals surface area contributed by atoms with Gasteiger partial charge in [-0.25, -0.2) is 0 Å². The number of hydrogen-bond donors (Lipinski definition) is 3. The first kappa shape index (κ1) is 11.1. The Balaban J connectivity index is 2.93. The van der Waals surface area contributed by atoms with Crippen molar-refractivity contribution in [1.82, 2.24) is 4.98 Å². The molecule has 1 heterocycles. The first-order valence-electron chi connectivity index (χ1n) is 3.84. The van der Waals surface area contributed by atoms with E-state index in [1.807, 2.05) is 0 Å². The minimum Gasteiger partial charge on any atom is -0.321 e. The summed E-state index contributed by atoms with van der Waals surface area (Å²) in [5, 5.41) is -0.323. The SMILES string of the molecule is C=C(C(N)c1ccccn1)P(=O)(O)O. The molecule has 0 saturated heterocycles. The fraction of sp³-hybridized carbons (Fsp3) is 0.125. The molecule has 0 amide bonds. The van der Waals surface area contributed by atoms with Crippen LogP contribution in [0.5, 0.6) is 0 Å². The van der Waals surface area contributed by atoms with Gasteiger partial charge in [0, 0.05) is 6.20 Å². The van der Waals surface area contributed by atoms with E-state index >= 15 is 0 Å². The van der Waals surface area contributed by atoms with E-state index in [0.29, 0.717) is 5.69 Å². The molecule has 1 aromatic heterocycles. The first-order valence-corrected chi connectivity index (χ1v) is 5.45. The summed E-state index contributed by atoms with van der Waals surface area (Å²) in [4.78, 5) is 21.5. The molecule has 0 radical (unpaired) electrons. The lowest BCUT2D eigenvalue weighted by Crippen LogP contribution is -2.14. The van der Waals surface area contributed by atoms with Crippen molar-refractivity contribution in [2.75, 3.05) is 0 Å². The molecule has 76 valence electrons. The van der Waals surface area contributed by atoms with Gasteiger partial charge in [0.05, 0.1) is 17.0 Å². The minimum atomic E-state index is -4.34. The molecule has 0 aromatic carbocycles. The van der Waals surface area contributed by atoms with Crippen molar-refractivity contribution in [3.8, 4) is 0 Å². The summed E-state index contributed by atoms with van der Waals surface area (Å²) in [6, 6.07) is 4.04. The normalized spacial score (nSPS) is 13.6. The molecule has 6 heteroatoms. The van der Waals surface area contributed by atoms with Gasteiger partial charge in [0.1, 0.15) is 0 Å². The molecule has 1 atom stereocenters. The van der Waals surface area contributed by atoms with E-state index < -0.39 is 13.6 Å². The summed E-state index contributed by atoms with van der Waals surface area (Å²) in [6.07, 6.45) is 1.50. The molecule has 0 aliphatic heterocycles. The smallest absolute Gasteiger partial charge is 0.321 e. The quantitative estimate of drug-likeness (QED) is 0.646. The van der Waals surface area contributed by atoms with Gasteiger partial charge in [-0.1, -0.05) is 12.6 Å². The fourth-order valence-electron chi connectivity index (χ4n) is 0.912. The third kappa shape index (κ3) is 2.49. The molecule has 1 rings (SSSR count). The Morgan fingerprint density at radius 1 is 1.57 bits per heavy atom. The first-order chi connectivity index (χ1) is 6.43. The lowest BCUT2D eigenvalue weighted by atomic mass is 10.2. The monoisotopic (exact) mass is 214 g/mol. The molecule has 0 fully saturated rings. The van der Waals surface area contributed by atoms with Gasteiger partial charge < -0.3 is 15.5 Å². The molecule has 4 N–H and O–H groups in total. The standard InChI is InChI=1S/C8H11N2O3P/c1-6(14(11,12)13)8(9)7-4-2-3-5-10-7/h2-5,8H,1,9H2,(H2,11,12,13). The Morgan fingerprint density at radius 2 is 2.21 bits per heavy atom. The summed E-state index contributed by atoms with van der Waals surface area (Å²) in [5.74, 6) is 0. The number of nitrogens with two attached hydrogens (primary N) is 1. The maximum Gasteiger partial charge on any atom is 0.353 e. The van der Waals surface area contributed by atoms with E-state index in [1.165, 1.54) is 6.20 Å². The zero-order valence-corrected chi connectivity index (χ0v) is 8.26. The molecule has 0 spiro atoms. The Bertz CT molecular complexity index is 373. The van der Waals surface area contributed by atoms with Crippen LogP contribution in [0.1, 0.15) is 11.7 Å². The summed E-state index contributed by atoms with van der Waals surface area (Å²) >= 11 is 0. The van der Waals surface area contributed by atoms with Crippen molar-refractivity contribution in [2.45, 2.75) is 6.04 Å². The highest BCUT2D eigenvalue weighted by Gasteiger charge is 2.26. The number of nitrogens with zero attached hydrogens (tertiary/aromatic N) is 1. The van der Waals surface area contributed by atoms with Crippen molar-refractivity contribution in [1.29, 1.82) is 0 Å². The summed E-state index contributed by atoms with van der Waals surface area (Å²) < 4.78 is 10.8. The van der Waals surface area contributed by atoms with Gasteiger partial charge in [0.25, 0.3) is 0 Å². The molecule has 5 nitrogen and oxygen atoms in total. The summed E-state index contributed by atoms with van der Waals surface area (Å²) in [5.41, 5.74) is 5.96. The van der Waals surface area contributed by atoms with Crippen LogP contribution in [0.4, 0.5) is 0 Å². The molecule has 1 aromatic rings. The zero-order chi connectivity index (χ0) is 10.8. The van der Waals surface area contributed by atoms with Crippen molar-refractivity contribution < 1.29 is 14.4 Å². The largest absolute Gasteiger partial charge is 0.353 e. The van der Waals surface area contributed by atoms with Gasteiger partial charge in [0.15, 0.2) is 0 Å². The number of pyridine rings is 1. The second kappa shape index (κ2) is 4.02. The Labute approximate surface area is 81.4 Å². The van der Waals surface area contributed by atoms with E-state index in [4.69, 9.17) is 15.5 Å². The van der Waals surface area contributed by atoms with E-state index in [1.54, 1.807) is 18.2 Å². The van der Waals surface area contributed by atoms with Gasteiger partial charge in [-0.05, 0) is 12.1 Å². The topological polar surface area (TPSA) is 96.4 Å². The van der Waals surface area contributed by atoms with Crippen molar-refractivity contribution in [3.63, 3.8) is 0 Å². The maximum absolute atomic E-state index is 10.8. The fourth-order valence-corrected chi connectivity index (χ4v) is 1.41. The van der Waals surface area contributed by atoms with E-state index in [9.17, 15) is 4.57 Å². The molecule has 0 aliphatic rings. The summed E-state index contributed by atoms with van der Waals surface area (Å²) in [6.45, 7) is 3.27. The van der Waals surface area contributed by atoms with Crippen LogP contribution >= 0.6 is 7.60 Å². The van der Waals surface area contributed by atoms with Gasteiger partial charge >= 0.3 is 7.60 Å². The highest BCUT2D eigenvalue weighted by atomic mass is 31.2. The molecular weight excluding hydrogens is 203 g/mol. The number of aromatic nitrogens is 1. The Morgan fingerprint density at radius 3 is 2.64 bits per heavy atom. The predicted molar refractivity (Wildman–Crippen MR) is 52.3 cm³/mol. The minimum absolute atomic E-state index is 0.323. The van der Waals surface area contributed by atoms with Gasteiger partial charge in [0.2, 0.25) is 0 Å². The highest BCUT2D eigenvalue weighted by molar-refractivity contribution is 7.56. The molecule has 14 heavy (non-hydrogen) atoms. The molecule has 1 unspecified atom stereocenters. The van der Waals surface area contributed by atoms with Crippen LogP contribution in [0.15, 0.2) is 36.3 Å². The number of hydrogen-bond acceptors (Lipinski definition) is 3. The van der Waals surface area contributed by atoms with Crippen molar-refractivity contribution in [2.24, 2.45) is 5.73 Å². The van der Waals surface area contributed by atoms with Crippen LogP contribution in [0, 0.1) is 0 Å². The van der Waals surface area contributed by atoms with Crippen molar-refractivity contribution in [3.05, 3.63) is 42.0 Å². The lowest BCUT2D eigenvalue weighted by Gasteiger charge is -2.14. The van der Waals surface area contributed by atoms with Crippen LogP contribution in [0.2, 0.25) is 0 Å². The van der Waals surface area contributed by atoms with Gasteiger partial charge in [-0.2, -0.15) is 0 Å². The zero-order valence-electron chi connectivity index (χ0n) is 7.37. The lowest BCUT2D eigenvalue weighted by molar-refractivity contribution is 0.379. The van der Waals surface area contributed by atoms with Crippen LogP contribution in [0.25, 0.3) is 0 Å². The van der Waals surface area contributed by atoms with Crippen LogP contribution in [0.3, 0.4) is 0 Å². The van der Waals surface area contributed by atoms with E-state index in [0.717, 1.165) is 0 Å². The number of rotatable bonds is 3. The maximum atomic E-state index is 10.8. The Kier molecular flexibility index (Phi) is 3.18. The highest BCUT2D eigenvalue weighted by Crippen LogP contribution is 2.48. The second-order valence-electron chi connectivity index (χ2n) is 2.77. The third-order valence-electron chi connectivity index (χ3n) is 1.74. The molecule has 0 saturated carbocycles. The average molecular weight is 214 g/mol. The van der Waals surface area contributed by atoms with Crippen molar-refractivity contribution >= 4 is 7.60 Å². The predicted octanol–water partition coefficient (Wildman–Crippen LogP) is 0.773.